The molecule has 0 atom stereocenters. The first-order valence-corrected chi connectivity index (χ1v) is 8.47. The molecular weight excluding hydrogens is 316 g/mol. The molecule has 0 saturated carbocycles. The second-order valence-corrected chi connectivity index (χ2v) is 5.89. The Bertz CT molecular complexity index is 669. The monoisotopic (exact) mass is 340 g/mol. The first-order chi connectivity index (χ1) is 12.2. The topological polar surface area (TPSA) is 81.4 Å². The van der Waals surface area contributed by atoms with Gasteiger partial charge < -0.3 is 10.6 Å². The Balaban J connectivity index is 1.68. The van der Waals surface area contributed by atoms with Crippen molar-refractivity contribution in [3.05, 3.63) is 71.3 Å². The maximum Gasteiger partial charge on any atom is 0.345 e. The number of carbonyl (C=O) groups excluding carboxylic acids is 2. The number of hydroxylamine groups is 1. The summed E-state index contributed by atoms with van der Waals surface area (Å²) in [6.07, 6.45) is 4.56. The Hall–Kier alpha value is -2.66. The van der Waals surface area contributed by atoms with E-state index in [1.807, 2.05) is 30.3 Å². The van der Waals surface area contributed by atoms with E-state index < -0.39 is 5.97 Å². The van der Waals surface area contributed by atoms with Gasteiger partial charge in [-0.2, -0.15) is 5.48 Å². The number of benzene rings is 2. The fraction of sp³-hybridized carbons (Fsp3) is 0.300. The predicted octanol–water partition coefficient (Wildman–Crippen LogP) is 2.33. The van der Waals surface area contributed by atoms with Crippen LogP contribution in [-0.4, -0.2) is 18.4 Å². The summed E-state index contributed by atoms with van der Waals surface area (Å²) in [5.41, 5.74) is 10.7. The third kappa shape index (κ3) is 7.18. The number of rotatable bonds is 8. The molecule has 2 rings (SSSR count). The Labute approximate surface area is 148 Å². The molecule has 0 fully saturated rings. The van der Waals surface area contributed by atoms with E-state index in [0.717, 1.165) is 31.2 Å². The van der Waals surface area contributed by atoms with Crippen molar-refractivity contribution < 1.29 is 14.4 Å². The van der Waals surface area contributed by atoms with Crippen LogP contribution in [0.25, 0.3) is 0 Å². The van der Waals surface area contributed by atoms with Gasteiger partial charge in [0.1, 0.15) is 0 Å². The quantitative estimate of drug-likeness (QED) is 0.571. The van der Waals surface area contributed by atoms with E-state index in [0.29, 0.717) is 0 Å². The Morgan fingerprint density at radius 2 is 1.40 bits per heavy atom. The summed E-state index contributed by atoms with van der Waals surface area (Å²) in [5.74, 6) is -1.04. The van der Waals surface area contributed by atoms with Crippen molar-refractivity contribution in [2.24, 2.45) is 5.73 Å². The molecule has 0 heterocycles. The Morgan fingerprint density at radius 3 is 2.00 bits per heavy atom. The first kappa shape index (κ1) is 18.7. The van der Waals surface area contributed by atoms with Gasteiger partial charge >= 0.3 is 5.97 Å². The number of amides is 1. The van der Waals surface area contributed by atoms with Crippen LogP contribution < -0.4 is 11.2 Å². The van der Waals surface area contributed by atoms with Gasteiger partial charge in [-0.05, 0) is 42.4 Å². The molecule has 0 aliphatic heterocycles. The second kappa shape index (κ2) is 10.3. The number of hydrogen-bond acceptors (Lipinski definition) is 4. The lowest BCUT2D eigenvalue weighted by atomic mass is 10.0. The fourth-order valence-electron chi connectivity index (χ4n) is 2.50. The second-order valence-electron chi connectivity index (χ2n) is 5.89. The summed E-state index contributed by atoms with van der Waals surface area (Å²) in [6.45, 7) is -0.265. The molecule has 5 nitrogen and oxygen atoms in total. The largest absolute Gasteiger partial charge is 0.345 e. The standard InChI is InChI=1S/C20H24N2O3/c21-15-20(24)25-22-19(23)14-18-12-10-17(11-13-18)9-5-4-8-16-6-2-1-3-7-16/h1-3,6-7,10-13H,4-5,8-9,14-15,21H2,(H,22,23). The molecule has 0 spiro atoms. The van der Waals surface area contributed by atoms with Gasteiger partial charge in [0.25, 0.3) is 5.91 Å². The van der Waals surface area contributed by atoms with Gasteiger partial charge in [0, 0.05) is 0 Å². The zero-order valence-electron chi connectivity index (χ0n) is 14.2. The number of carbonyl (C=O) groups is 2. The fourth-order valence-corrected chi connectivity index (χ4v) is 2.50. The first-order valence-electron chi connectivity index (χ1n) is 8.47. The normalized spacial score (nSPS) is 10.3. The van der Waals surface area contributed by atoms with Crippen LogP contribution in [0.15, 0.2) is 54.6 Å². The van der Waals surface area contributed by atoms with Crippen LogP contribution in [0.5, 0.6) is 0 Å². The van der Waals surface area contributed by atoms with Crippen LogP contribution in [0.4, 0.5) is 0 Å². The van der Waals surface area contributed by atoms with Gasteiger partial charge in [-0.1, -0.05) is 54.6 Å². The molecule has 0 radical (unpaired) electrons. The molecule has 0 bridgehead atoms. The van der Waals surface area contributed by atoms with Crippen LogP contribution in [0, 0.1) is 0 Å². The molecule has 2 aromatic rings. The lowest BCUT2D eigenvalue weighted by Gasteiger charge is -2.06. The van der Waals surface area contributed by atoms with Crippen LogP contribution in [-0.2, 0) is 33.7 Å². The van der Waals surface area contributed by atoms with Crippen molar-refractivity contribution in [2.75, 3.05) is 6.54 Å². The third-order valence-electron chi connectivity index (χ3n) is 3.86. The van der Waals surface area contributed by atoms with E-state index in [9.17, 15) is 9.59 Å². The van der Waals surface area contributed by atoms with Gasteiger partial charge in [-0.15, -0.1) is 0 Å². The molecule has 0 aliphatic carbocycles. The maximum absolute atomic E-state index is 11.6. The van der Waals surface area contributed by atoms with Crippen LogP contribution in [0.3, 0.4) is 0 Å². The van der Waals surface area contributed by atoms with Crippen molar-refractivity contribution in [1.82, 2.24) is 5.48 Å². The van der Waals surface area contributed by atoms with E-state index in [1.54, 1.807) is 0 Å². The summed E-state index contributed by atoms with van der Waals surface area (Å²) < 4.78 is 0. The number of nitrogens with one attached hydrogen (secondary N) is 1. The van der Waals surface area contributed by atoms with E-state index in [4.69, 9.17) is 5.73 Å². The maximum atomic E-state index is 11.6. The lowest BCUT2D eigenvalue weighted by molar-refractivity contribution is -0.156. The molecule has 0 aliphatic rings. The highest BCUT2D eigenvalue weighted by atomic mass is 16.7. The molecule has 132 valence electrons. The Kier molecular flexibility index (Phi) is 7.66. The SMILES string of the molecule is NCC(=O)ONC(=O)Cc1ccc(CCCCc2ccccc2)cc1. The minimum atomic E-state index is -0.667. The van der Waals surface area contributed by atoms with E-state index in [2.05, 4.69) is 34.6 Å². The van der Waals surface area contributed by atoms with Gasteiger partial charge in [-0.25, -0.2) is 4.79 Å². The summed E-state index contributed by atoms with van der Waals surface area (Å²) >= 11 is 0. The molecular formula is C20H24N2O3. The molecule has 0 unspecified atom stereocenters. The zero-order valence-corrected chi connectivity index (χ0v) is 14.2. The van der Waals surface area contributed by atoms with Crippen molar-refractivity contribution in [3.63, 3.8) is 0 Å². The van der Waals surface area contributed by atoms with Crippen molar-refractivity contribution in [3.8, 4) is 0 Å². The van der Waals surface area contributed by atoms with Crippen molar-refractivity contribution in [1.29, 1.82) is 0 Å². The zero-order chi connectivity index (χ0) is 17.9. The van der Waals surface area contributed by atoms with Crippen molar-refractivity contribution in [2.45, 2.75) is 32.1 Å². The highest BCUT2D eigenvalue weighted by molar-refractivity contribution is 5.80. The van der Waals surface area contributed by atoms with Gasteiger partial charge in [0.2, 0.25) is 0 Å². The number of unbranched alkanes of at least 4 members (excludes halogenated alkanes) is 1. The number of aryl methyl sites for hydroxylation is 2. The molecule has 1 amide bonds. The summed E-state index contributed by atoms with van der Waals surface area (Å²) in [5, 5.41) is 0. The minimum absolute atomic E-state index is 0.159. The Morgan fingerprint density at radius 1 is 0.840 bits per heavy atom. The van der Waals surface area contributed by atoms with Crippen LogP contribution in [0.2, 0.25) is 0 Å². The highest BCUT2D eigenvalue weighted by Gasteiger charge is 2.06. The third-order valence-corrected chi connectivity index (χ3v) is 3.86. The molecule has 0 saturated heterocycles. The van der Waals surface area contributed by atoms with Gasteiger partial charge in [-0.3, -0.25) is 4.79 Å². The molecule has 0 aromatic heterocycles. The van der Waals surface area contributed by atoms with Gasteiger partial charge in [0.05, 0.1) is 13.0 Å². The van der Waals surface area contributed by atoms with Gasteiger partial charge in [0.15, 0.2) is 0 Å². The molecule has 25 heavy (non-hydrogen) atoms. The highest BCUT2D eigenvalue weighted by Crippen LogP contribution is 2.11. The lowest BCUT2D eigenvalue weighted by Crippen LogP contribution is -2.31. The summed E-state index contributed by atoms with van der Waals surface area (Å²) in [4.78, 5) is 27.0. The smallest absolute Gasteiger partial charge is 0.339 e. The van der Waals surface area contributed by atoms with E-state index in [-0.39, 0.29) is 18.9 Å². The average Bonchev–Trinajstić information content (AvgIpc) is 2.65. The summed E-state index contributed by atoms with van der Waals surface area (Å²) in [7, 11) is 0. The van der Waals surface area contributed by atoms with Crippen LogP contribution in [0.1, 0.15) is 29.5 Å². The van der Waals surface area contributed by atoms with E-state index in [1.165, 1.54) is 11.1 Å². The van der Waals surface area contributed by atoms with E-state index >= 15 is 0 Å². The van der Waals surface area contributed by atoms with Crippen LogP contribution >= 0.6 is 0 Å². The molecule has 2 aromatic carbocycles. The van der Waals surface area contributed by atoms with Crippen molar-refractivity contribution >= 4 is 11.9 Å². The average molecular weight is 340 g/mol. The summed E-state index contributed by atoms with van der Waals surface area (Å²) in [6, 6.07) is 18.4. The number of hydrogen-bond donors (Lipinski definition) is 2. The predicted molar refractivity (Wildman–Crippen MR) is 96.5 cm³/mol. The molecule has 3 N–H and O–H groups in total. The number of nitrogens with two attached hydrogens (primary N) is 1. The minimum Gasteiger partial charge on any atom is -0.339 e. The molecule has 5 heteroatoms.